The average molecular weight is 363 g/mol. The van der Waals surface area contributed by atoms with Crippen LogP contribution in [0.4, 0.5) is 0 Å². The quantitative estimate of drug-likeness (QED) is 0.265. The van der Waals surface area contributed by atoms with Crippen LogP contribution in [0.15, 0.2) is 36.5 Å². The van der Waals surface area contributed by atoms with E-state index in [0.29, 0.717) is 16.6 Å². The SMILES string of the molecule is CC(C)[Si](OC(=O)/C=C/C=C/C=C/C1CCCCC1)(C(C)C)C(C)C. The van der Waals surface area contributed by atoms with Gasteiger partial charge in [0.05, 0.1) is 0 Å². The van der Waals surface area contributed by atoms with Crippen molar-refractivity contribution in [3.8, 4) is 0 Å². The van der Waals surface area contributed by atoms with Gasteiger partial charge in [-0.05, 0) is 35.4 Å². The maximum Gasteiger partial charge on any atom is 0.317 e. The Morgan fingerprint density at radius 3 is 1.88 bits per heavy atom. The standard InChI is InChI=1S/C22H38O2Si/c1-18(2)25(19(3)4,20(5)6)24-22(23)17-13-8-7-10-14-21-15-11-9-12-16-21/h7-8,10,13-14,17-21H,9,11-12,15-16H2,1-6H3/b8-7+,14-10+,17-13+. The van der Waals surface area contributed by atoms with Crippen molar-refractivity contribution in [2.45, 2.75) is 90.3 Å². The third-order valence-corrected chi connectivity index (χ3v) is 11.6. The third-order valence-electron chi connectivity index (χ3n) is 5.58. The van der Waals surface area contributed by atoms with Crippen molar-refractivity contribution < 1.29 is 9.22 Å². The molecule has 0 saturated heterocycles. The van der Waals surface area contributed by atoms with Gasteiger partial charge in [-0.25, -0.2) is 4.79 Å². The number of carbonyl (C=O) groups excluding carboxylic acids is 1. The lowest BCUT2D eigenvalue weighted by atomic mass is 9.89. The monoisotopic (exact) mass is 362 g/mol. The Morgan fingerprint density at radius 1 is 0.840 bits per heavy atom. The highest BCUT2D eigenvalue weighted by Gasteiger charge is 2.47. The Kier molecular flexibility index (Phi) is 9.48. The third kappa shape index (κ3) is 6.61. The van der Waals surface area contributed by atoms with E-state index >= 15 is 0 Å². The van der Waals surface area contributed by atoms with Crippen molar-refractivity contribution in [1.29, 1.82) is 0 Å². The van der Waals surface area contributed by atoms with Crippen molar-refractivity contribution in [2.24, 2.45) is 5.92 Å². The molecule has 25 heavy (non-hydrogen) atoms. The topological polar surface area (TPSA) is 26.3 Å². The van der Waals surface area contributed by atoms with E-state index in [-0.39, 0.29) is 5.97 Å². The first-order chi connectivity index (χ1) is 11.8. The van der Waals surface area contributed by atoms with Gasteiger partial charge in [0.2, 0.25) is 0 Å². The summed E-state index contributed by atoms with van der Waals surface area (Å²) in [5, 5.41) is 0. The zero-order chi connectivity index (χ0) is 18.9. The van der Waals surface area contributed by atoms with Gasteiger partial charge >= 0.3 is 5.97 Å². The van der Waals surface area contributed by atoms with E-state index in [9.17, 15) is 4.79 Å². The lowest BCUT2D eigenvalue weighted by Crippen LogP contribution is -2.49. The van der Waals surface area contributed by atoms with Crippen LogP contribution < -0.4 is 0 Å². The molecule has 0 aromatic rings. The Hall–Kier alpha value is -1.09. The fourth-order valence-corrected chi connectivity index (χ4v) is 9.50. The van der Waals surface area contributed by atoms with Gasteiger partial charge in [0.15, 0.2) is 0 Å². The smallest absolute Gasteiger partial charge is 0.317 e. The Labute approximate surface area is 156 Å². The van der Waals surface area contributed by atoms with Crippen molar-refractivity contribution in [2.75, 3.05) is 0 Å². The molecule has 0 heterocycles. The first kappa shape index (κ1) is 21.9. The minimum atomic E-state index is -2.13. The molecule has 2 nitrogen and oxygen atoms in total. The minimum absolute atomic E-state index is 0.191. The van der Waals surface area contributed by atoms with Crippen LogP contribution in [0.1, 0.15) is 73.6 Å². The summed E-state index contributed by atoms with van der Waals surface area (Å²) in [6, 6.07) is 0. The number of allylic oxidation sites excluding steroid dienone is 5. The summed E-state index contributed by atoms with van der Waals surface area (Å²) in [6.45, 7) is 13.2. The van der Waals surface area contributed by atoms with E-state index in [1.807, 2.05) is 12.2 Å². The molecule has 0 unspecified atom stereocenters. The van der Waals surface area contributed by atoms with Crippen LogP contribution in [0.25, 0.3) is 0 Å². The molecule has 0 N–H and O–H groups in total. The average Bonchev–Trinajstić information content (AvgIpc) is 2.55. The number of hydrogen-bond donors (Lipinski definition) is 0. The van der Waals surface area contributed by atoms with Gasteiger partial charge in [0.1, 0.15) is 0 Å². The fraction of sp³-hybridized carbons (Fsp3) is 0.682. The summed E-state index contributed by atoms with van der Waals surface area (Å²) >= 11 is 0. The first-order valence-electron chi connectivity index (χ1n) is 10.0. The van der Waals surface area contributed by atoms with Crippen LogP contribution in [0.3, 0.4) is 0 Å². The van der Waals surface area contributed by atoms with E-state index in [1.165, 1.54) is 32.1 Å². The second kappa shape index (κ2) is 10.8. The lowest BCUT2D eigenvalue weighted by Gasteiger charge is -2.40. The van der Waals surface area contributed by atoms with Crippen molar-refractivity contribution in [3.63, 3.8) is 0 Å². The molecule has 0 aromatic heterocycles. The van der Waals surface area contributed by atoms with Crippen LogP contribution in [0, 0.1) is 5.92 Å². The summed E-state index contributed by atoms with van der Waals surface area (Å²) < 4.78 is 6.09. The predicted octanol–water partition coefficient (Wildman–Crippen LogP) is 6.95. The summed E-state index contributed by atoms with van der Waals surface area (Å²) in [7, 11) is -2.13. The number of carbonyl (C=O) groups is 1. The first-order valence-corrected chi connectivity index (χ1v) is 12.2. The summed E-state index contributed by atoms with van der Waals surface area (Å²) in [6.07, 6.45) is 18.5. The summed E-state index contributed by atoms with van der Waals surface area (Å²) in [5.41, 5.74) is 1.25. The maximum absolute atomic E-state index is 12.3. The summed E-state index contributed by atoms with van der Waals surface area (Å²) in [4.78, 5) is 12.3. The minimum Gasteiger partial charge on any atom is -0.515 e. The number of rotatable bonds is 8. The van der Waals surface area contributed by atoms with Gasteiger partial charge in [0.25, 0.3) is 8.32 Å². The van der Waals surface area contributed by atoms with Gasteiger partial charge in [-0.15, -0.1) is 0 Å². The van der Waals surface area contributed by atoms with Crippen LogP contribution >= 0.6 is 0 Å². The molecule has 0 aromatic carbocycles. The van der Waals surface area contributed by atoms with Crippen molar-refractivity contribution in [3.05, 3.63) is 36.5 Å². The molecule has 1 aliphatic rings. The Morgan fingerprint density at radius 2 is 1.36 bits per heavy atom. The van der Waals surface area contributed by atoms with Crippen LogP contribution in [0.2, 0.25) is 16.6 Å². The summed E-state index contributed by atoms with van der Waals surface area (Å²) in [5.74, 6) is 0.547. The van der Waals surface area contributed by atoms with Gasteiger partial charge in [-0.2, -0.15) is 0 Å². The van der Waals surface area contributed by atoms with E-state index in [1.54, 1.807) is 12.2 Å². The van der Waals surface area contributed by atoms with Gasteiger partial charge in [-0.3, -0.25) is 0 Å². The molecule has 1 fully saturated rings. The van der Waals surface area contributed by atoms with Gasteiger partial charge in [0, 0.05) is 6.08 Å². The van der Waals surface area contributed by atoms with Gasteiger partial charge in [-0.1, -0.05) is 91.2 Å². The van der Waals surface area contributed by atoms with Crippen molar-refractivity contribution >= 4 is 14.3 Å². The maximum atomic E-state index is 12.3. The highest BCUT2D eigenvalue weighted by atomic mass is 28.4. The molecule has 0 radical (unpaired) electrons. The molecular weight excluding hydrogens is 324 g/mol. The molecular formula is C22H38O2Si. The molecule has 1 saturated carbocycles. The Bertz CT molecular complexity index is 458. The second-order valence-electron chi connectivity index (χ2n) is 8.27. The molecule has 0 spiro atoms. The largest absolute Gasteiger partial charge is 0.515 e. The van der Waals surface area contributed by atoms with E-state index < -0.39 is 8.32 Å². The normalized spacial score (nSPS) is 17.8. The molecule has 1 rings (SSSR count). The molecule has 1 aliphatic carbocycles. The molecule has 3 heteroatoms. The highest BCUT2D eigenvalue weighted by molar-refractivity contribution is 6.79. The highest BCUT2D eigenvalue weighted by Crippen LogP contribution is 2.42. The second-order valence-corrected chi connectivity index (χ2v) is 13.6. The van der Waals surface area contributed by atoms with E-state index in [2.05, 4.69) is 53.7 Å². The lowest BCUT2D eigenvalue weighted by molar-refractivity contribution is -0.130. The molecule has 142 valence electrons. The number of hydrogen-bond acceptors (Lipinski definition) is 2. The van der Waals surface area contributed by atoms with Crippen molar-refractivity contribution in [1.82, 2.24) is 0 Å². The van der Waals surface area contributed by atoms with Crippen LogP contribution in [-0.2, 0) is 9.22 Å². The van der Waals surface area contributed by atoms with Gasteiger partial charge < -0.3 is 4.43 Å². The van der Waals surface area contributed by atoms with E-state index in [4.69, 9.17) is 4.43 Å². The van der Waals surface area contributed by atoms with Crippen LogP contribution in [-0.4, -0.2) is 14.3 Å². The zero-order valence-electron chi connectivity index (χ0n) is 17.1. The fourth-order valence-electron chi connectivity index (χ4n) is 4.37. The van der Waals surface area contributed by atoms with E-state index in [0.717, 1.165) is 5.92 Å². The van der Waals surface area contributed by atoms with Crippen LogP contribution in [0.5, 0.6) is 0 Å². The predicted molar refractivity (Wildman–Crippen MR) is 111 cm³/mol. The molecule has 0 aliphatic heterocycles. The zero-order valence-corrected chi connectivity index (χ0v) is 18.1. The Balaban J connectivity index is 2.57. The molecule has 0 bridgehead atoms. The molecule has 0 amide bonds. The molecule has 0 atom stereocenters.